The van der Waals surface area contributed by atoms with Crippen LogP contribution in [-0.4, -0.2) is 43.8 Å². The van der Waals surface area contributed by atoms with Gasteiger partial charge in [0.2, 0.25) is 5.16 Å². The first-order valence-corrected chi connectivity index (χ1v) is 10.2. The van der Waals surface area contributed by atoms with Crippen LogP contribution < -0.4 is 0 Å². The molecule has 0 aromatic carbocycles. The van der Waals surface area contributed by atoms with E-state index in [1.165, 1.54) is 11.8 Å². The molecule has 0 spiro atoms. The molecular weight excluding hydrogens is 384 g/mol. The minimum Gasteiger partial charge on any atom is -0.462 e. The first-order chi connectivity index (χ1) is 12.9. The molecule has 2 N–H and O–H groups in total. The summed E-state index contributed by atoms with van der Waals surface area (Å²) in [5.41, 5.74) is 2.09. The SMILES string of the molecule is CCOC(=O)c1c(C)[nH]c(C(=O)[C@H](C)Sc2n[nH]c(-c3cccs3)n2)c1C. The van der Waals surface area contributed by atoms with Crippen LogP contribution in [0.2, 0.25) is 0 Å². The van der Waals surface area contributed by atoms with Crippen LogP contribution in [0.5, 0.6) is 0 Å². The number of ketones is 1. The van der Waals surface area contributed by atoms with E-state index >= 15 is 0 Å². The molecule has 3 heterocycles. The second-order valence-electron chi connectivity index (χ2n) is 5.91. The summed E-state index contributed by atoms with van der Waals surface area (Å²) < 4.78 is 5.08. The van der Waals surface area contributed by atoms with Crippen molar-refractivity contribution in [3.8, 4) is 10.7 Å². The number of thiophene rings is 1. The van der Waals surface area contributed by atoms with Crippen molar-refractivity contribution in [2.75, 3.05) is 6.61 Å². The molecule has 0 bridgehead atoms. The largest absolute Gasteiger partial charge is 0.462 e. The molecule has 0 saturated carbocycles. The molecule has 3 aromatic heterocycles. The molecule has 1 atom stereocenters. The normalized spacial score (nSPS) is 12.1. The Hall–Kier alpha value is -2.39. The molecule has 0 radical (unpaired) electrons. The van der Waals surface area contributed by atoms with Gasteiger partial charge in [-0.1, -0.05) is 17.8 Å². The topological polar surface area (TPSA) is 101 Å². The molecule has 3 rings (SSSR count). The van der Waals surface area contributed by atoms with Gasteiger partial charge < -0.3 is 9.72 Å². The third kappa shape index (κ3) is 3.98. The van der Waals surface area contributed by atoms with Crippen molar-refractivity contribution in [1.82, 2.24) is 20.2 Å². The van der Waals surface area contributed by atoms with E-state index in [2.05, 4.69) is 20.2 Å². The zero-order chi connectivity index (χ0) is 19.6. The lowest BCUT2D eigenvalue weighted by Gasteiger charge is -2.07. The van der Waals surface area contributed by atoms with Crippen molar-refractivity contribution < 1.29 is 14.3 Å². The van der Waals surface area contributed by atoms with Crippen LogP contribution >= 0.6 is 23.1 Å². The average Bonchev–Trinajstić information content (AvgIpc) is 3.35. The Kier molecular flexibility index (Phi) is 5.81. The Balaban J connectivity index is 1.76. The molecule has 0 aliphatic rings. The summed E-state index contributed by atoms with van der Waals surface area (Å²) in [6.45, 7) is 7.35. The van der Waals surface area contributed by atoms with E-state index in [1.807, 2.05) is 17.5 Å². The summed E-state index contributed by atoms with van der Waals surface area (Å²) in [7, 11) is 0. The summed E-state index contributed by atoms with van der Waals surface area (Å²) in [5.74, 6) is 0.153. The number of hydrogen-bond donors (Lipinski definition) is 2. The number of thioether (sulfide) groups is 1. The van der Waals surface area contributed by atoms with E-state index in [9.17, 15) is 9.59 Å². The highest BCUT2D eigenvalue weighted by atomic mass is 32.2. The number of aromatic nitrogens is 4. The fourth-order valence-corrected chi connectivity index (χ4v) is 4.19. The number of rotatable bonds is 7. The van der Waals surface area contributed by atoms with Gasteiger partial charge >= 0.3 is 5.97 Å². The number of Topliss-reactive ketones (excluding diaryl/α,β-unsaturated/α-hetero) is 1. The number of carbonyl (C=O) groups is 2. The van der Waals surface area contributed by atoms with E-state index in [-0.39, 0.29) is 12.4 Å². The lowest BCUT2D eigenvalue weighted by molar-refractivity contribution is 0.0525. The number of carbonyl (C=O) groups excluding carboxylic acids is 2. The van der Waals surface area contributed by atoms with Gasteiger partial charge in [-0.2, -0.15) is 0 Å². The van der Waals surface area contributed by atoms with Gasteiger partial charge in [-0.25, -0.2) is 9.78 Å². The minimum atomic E-state index is -0.419. The zero-order valence-corrected chi connectivity index (χ0v) is 17.1. The maximum Gasteiger partial charge on any atom is 0.340 e. The standard InChI is InChI=1S/C18H20N4O3S2/c1-5-25-17(24)13-9(2)14(19-10(13)3)15(23)11(4)27-18-20-16(21-22-18)12-7-6-8-26-12/h6-8,11,19H,5H2,1-4H3,(H,20,21,22)/t11-/m0/s1. The molecule has 0 fully saturated rings. The number of esters is 1. The van der Waals surface area contributed by atoms with Crippen LogP contribution in [0, 0.1) is 13.8 Å². The van der Waals surface area contributed by atoms with E-state index in [0.29, 0.717) is 33.5 Å². The molecule has 0 aliphatic heterocycles. The van der Waals surface area contributed by atoms with Gasteiger partial charge in [-0.15, -0.1) is 16.4 Å². The summed E-state index contributed by atoms with van der Waals surface area (Å²) in [6.07, 6.45) is 0. The molecule has 27 heavy (non-hydrogen) atoms. The Morgan fingerprint density at radius 1 is 1.37 bits per heavy atom. The van der Waals surface area contributed by atoms with Gasteiger partial charge in [0, 0.05) is 5.69 Å². The van der Waals surface area contributed by atoms with Crippen LogP contribution in [-0.2, 0) is 4.74 Å². The van der Waals surface area contributed by atoms with Gasteiger partial charge in [0.25, 0.3) is 0 Å². The maximum atomic E-state index is 12.9. The van der Waals surface area contributed by atoms with Crippen molar-refractivity contribution in [2.45, 2.75) is 38.1 Å². The van der Waals surface area contributed by atoms with Crippen LogP contribution in [0.1, 0.15) is 46.0 Å². The Bertz CT molecular complexity index is 960. The molecular formula is C18H20N4O3S2. The third-order valence-corrected chi connectivity index (χ3v) is 5.87. The van der Waals surface area contributed by atoms with Gasteiger partial charge in [-0.05, 0) is 44.7 Å². The van der Waals surface area contributed by atoms with E-state index < -0.39 is 11.2 Å². The third-order valence-electron chi connectivity index (χ3n) is 4.03. The summed E-state index contributed by atoms with van der Waals surface area (Å²) >= 11 is 2.84. The minimum absolute atomic E-state index is 0.112. The second-order valence-corrected chi connectivity index (χ2v) is 8.17. The quantitative estimate of drug-likeness (QED) is 0.350. The van der Waals surface area contributed by atoms with Crippen molar-refractivity contribution in [3.63, 3.8) is 0 Å². The predicted octanol–water partition coefficient (Wildman–Crippen LogP) is 4.02. The van der Waals surface area contributed by atoms with Gasteiger partial charge in [0.1, 0.15) is 0 Å². The Morgan fingerprint density at radius 3 is 2.81 bits per heavy atom. The summed E-state index contributed by atoms with van der Waals surface area (Å²) in [5, 5.41) is 9.14. The number of nitrogens with zero attached hydrogens (tertiary/aromatic N) is 2. The first-order valence-electron chi connectivity index (χ1n) is 8.45. The van der Waals surface area contributed by atoms with Crippen molar-refractivity contribution in [1.29, 1.82) is 0 Å². The van der Waals surface area contributed by atoms with Gasteiger partial charge in [0.05, 0.1) is 28.0 Å². The average molecular weight is 405 g/mol. The van der Waals surface area contributed by atoms with Crippen LogP contribution in [0.4, 0.5) is 0 Å². The van der Waals surface area contributed by atoms with E-state index in [4.69, 9.17) is 4.74 Å². The fourth-order valence-electron chi connectivity index (χ4n) is 2.74. The predicted molar refractivity (Wildman–Crippen MR) is 106 cm³/mol. The van der Waals surface area contributed by atoms with Crippen molar-refractivity contribution in [2.24, 2.45) is 0 Å². The number of aromatic amines is 2. The van der Waals surface area contributed by atoms with Crippen molar-refractivity contribution >= 4 is 34.9 Å². The van der Waals surface area contributed by atoms with Crippen LogP contribution in [0.3, 0.4) is 0 Å². The Labute approximate surface area is 164 Å². The molecule has 142 valence electrons. The molecule has 0 aliphatic carbocycles. The fraction of sp³-hybridized carbons (Fsp3) is 0.333. The second kappa shape index (κ2) is 8.10. The highest BCUT2D eigenvalue weighted by Crippen LogP contribution is 2.28. The van der Waals surface area contributed by atoms with Gasteiger partial charge in [-0.3, -0.25) is 9.89 Å². The molecule has 0 unspecified atom stereocenters. The smallest absolute Gasteiger partial charge is 0.340 e. The number of ether oxygens (including phenoxy) is 1. The first kappa shape index (κ1) is 19.4. The van der Waals surface area contributed by atoms with E-state index in [0.717, 1.165) is 4.88 Å². The van der Waals surface area contributed by atoms with Crippen LogP contribution in [0.25, 0.3) is 10.7 Å². The summed E-state index contributed by atoms with van der Waals surface area (Å²) in [6, 6.07) is 3.90. The number of hydrogen-bond acceptors (Lipinski definition) is 7. The zero-order valence-electron chi connectivity index (χ0n) is 15.5. The molecule has 7 nitrogen and oxygen atoms in total. The molecule has 3 aromatic rings. The van der Waals surface area contributed by atoms with E-state index in [1.54, 1.807) is 39.0 Å². The molecule has 0 saturated heterocycles. The lowest BCUT2D eigenvalue weighted by atomic mass is 10.1. The number of aryl methyl sites for hydroxylation is 1. The molecule has 0 amide bonds. The van der Waals surface area contributed by atoms with Crippen LogP contribution in [0.15, 0.2) is 22.7 Å². The lowest BCUT2D eigenvalue weighted by Crippen LogP contribution is -2.16. The Morgan fingerprint density at radius 2 is 2.15 bits per heavy atom. The molecule has 9 heteroatoms. The monoisotopic (exact) mass is 404 g/mol. The maximum absolute atomic E-state index is 12.9. The van der Waals surface area contributed by atoms with Gasteiger partial charge in [0.15, 0.2) is 11.6 Å². The number of H-pyrrole nitrogens is 2. The summed E-state index contributed by atoms with van der Waals surface area (Å²) in [4.78, 5) is 33.5. The number of nitrogens with one attached hydrogen (secondary N) is 2. The van der Waals surface area contributed by atoms with Crippen molar-refractivity contribution in [3.05, 3.63) is 40.0 Å². The highest BCUT2D eigenvalue weighted by Gasteiger charge is 2.27. The highest BCUT2D eigenvalue weighted by molar-refractivity contribution is 8.00.